The van der Waals surface area contributed by atoms with Crippen molar-refractivity contribution in [2.45, 2.75) is 26.9 Å². The normalized spacial score (nSPS) is 11.4. The number of hydrogen-bond acceptors (Lipinski definition) is 5. The van der Waals surface area contributed by atoms with E-state index in [4.69, 9.17) is 9.84 Å². The highest BCUT2D eigenvalue weighted by atomic mass is 16.5. The Balaban J connectivity index is 1.53. The molecule has 0 aliphatic heterocycles. The minimum atomic E-state index is -0.692. The zero-order chi connectivity index (χ0) is 29.8. The molecule has 0 bridgehead atoms. The maximum Gasteiger partial charge on any atom is 0.295 e. The summed E-state index contributed by atoms with van der Waals surface area (Å²) in [6.07, 6.45) is 3.29. The number of aromatic nitrogens is 4. The number of carbonyl (C=O) groups excluding carboxylic acids is 1. The van der Waals surface area contributed by atoms with Gasteiger partial charge in [-0.25, -0.2) is 9.36 Å². The van der Waals surface area contributed by atoms with E-state index in [1.807, 2.05) is 92.7 Å². The molecule has 5 aromatic rings. The molecule has 0 saturated carbocycles. The smallest absolute Gasteiger partial charge is 0.295 e. The van der Waals surface area contributed by atoms with E-state index in [1.165, 1.54) is 10.8 Å². The first-order valence-corrected chi connectivity index (χ1v) is 13.5. The Morgan fingerprint density at radius 1 is 0.976 bits per heavy atom. The second-order valence-corrected chi connectivity index (χ2v) is 9.96. The summed E-state index contributed by atoms with van der Waals surface area (Å²) in [6, 6.07) is 28.2. The highest BCUT2D eigenvalue weighted by Gasteiger charge is 2.21. The summed E-state index contributed by atoms with van der Waals surface area (Å²) in [6.45, 7) is 5.66. The molecule has 9 nitrogen and oxygen atoms in total. The summed E-state index contributed by atoms with van der Waals surface area (Å²) in [5.74, 6) is 0.0346. The number of amides is 1. The van der Waals surface area contributed by atoms with Crippen molar-refractivity contribution in [3.63, 3.8) is 0 Å². The van der Waals surface area contributed by atoms with Gasteiger partial charge in [-0.05, 0) is 75.4 Å². The largest absolute Gasteiger partial charge is 0.491 e. The van der Waals surface area contributed by atoms with Gasteiger partial charge in [0.15, 0.2) is 0 Å². The van der Waals surface area contributed by atoms with Gasteiger partial charge in [0, 0.05) is 24.4 Å². The molecule has 1 N–H and O–H groups in total. The average Bonchev–Trinajstić information content (AvgIpc) is 3.51. The number of rotatable bonds is 8. The number of para-hydroxylation sites is 2. The molecule has 3 aromatic carbocycles. The van der Waals surface area contributed by atoms with Gasteiger partial charge in [-0.15, -0.1) is 0 Å². The van der Waals surface area contributed by atoms with Crippen molar-refractivity contribution in [3.05, 3.63) is 118 Å². The summed E-state index contributed by atoms with van der Waals surface area (Å²) in [7, 11) is 1.74. The minimum Gasteiger partial charge on any atom is -0.491 e. The molecule has 0 aliphatic carbocycles. The molecule has 42 heavy (non-hydrogen) atoms. The van der Waals surface area contributed by atoms with Crippen LogP contribution in [0.5, 0.6) is 5.75 Å². The molecule has 2 heterocycles. The van der Waals surface area contributed by atoms with Crippen molar-refractivity contribution in [1.82, 2.24) is 19.1 Å². The van der Waals surface area contributed by atoms with E-state index in [-0.39, 0.29) is 17.4 Å². The zero-order valence-corrected chi connectivity index (χ0v) is 23.8. The lowest BCUT2D eigenvalue weighted by atomic mass is 10.1. The van der Waals surface area contributed by atoms with Gasteiger partial charge in [0.1, 0.15) is 23.1 Å². The fraction of sp³-hybridized carbons (Fsp3) is 0.152. The van der Waals surface area contributed by atoms with E-state index in [0.717, 1.165) is 17.0 Å². The fourth-order valence-corrected chi connectivity index (χ4v) is 4.59. The lowest BCUT2D eigenvalue weighted by Crippen LogP contribution is -2.23. The van der Waals surface area contributed by atoms with Crippen molar-refractivity contribution in [2.24, 2.45) is 7.05 Å². The van der Waals surface area contributed by atoms with Crippen molar-refractivity contribution >= 4 is 17.7 Å². The Hall–Kier alpha value is -5.62. The molecule has 9 heteroatoms. The molecule has 0 aliphatic rings. The zero-order valence-electron chi connectivity index (χ0n) is 23.8. The first kappa shape index (κ1) is 27.9. The predicted octanol–water partition coefficient (Wildman–Crippen LogP) is 5.67. The van der Waals surface area contributed by atoms with Crippen molar-refractivity contribution in [2.75, 3.05) is 5.32 Å². The number of benzene rings is 3. The summed E-state index contributed by atoms with van der Waals surface area (Å²) >= 11 is 0. The Bertz CT molecular complexity index is 1860. The van der Waals surface area contributed by atoms with Gasteiger partial charge in [-0.3, -0.25) is 14.3 Å². The number of carbonyl (C=O) groups is 1. The third-order valence-electron chi connectivity index (χ3n) is 6.72. The standard InChI is InChI=1S/C33H30N6O3/c1-22(2)42-29-17-15-24(16-18-29)31-26(21-38(36-31)27-11-7-5-8-12-27)19-25(20-34)32(40)35-30-23(3)37(4)39(33(30)41)28-13-9-6-10-14-28/h5-19,21-22H,1-4H3,(H,35,40). The van der Waals surface area contributed by atoms with Crippen LogP contribution >= 0.6 is 0 Å². The van der Waals surface area contributed by atoms with E-state index in [2.05, 4.69) is 5.32 Å². The van der Waals surface area contributed by atoms with E-state index >= 15 is 0 Å². The lowest BCUT2D eigenvalue weighted by Gasteiger charge is -2.09. The summed E-state index contributed by atoms with van der Waals surface area (Å²) in [5, 5.41) is 17.5. The maximum absolute atomic E-state index is 13.4. The quantitative estimate of drug-likeness (QED) is 0.195. The Morgan fingerprint density at radius 3 is 2.19 bits per heavy atom. The van der Waals surface area contributed by atoms with Gasteiger partial charge < -0.3 is 10.1 Å². The number of ether oxygens (including phenoxy) is 1. The molecule has 0 fully saturated rings. The molecular weight excluding hydrogens is 528 g/mol. The number of hydrogen-bond donors (Lipinski definition) is 1. The first-order valence-electron chi connectivity index (χ1n) is 13.5. The number of anilines is 1. The fourth-order valence-electron chi connectivity index (χ4n) is 4.59. The minimum absolute atomic E-state index is 0.0355. The van der Waals surface area contributed by atoms with Gasteiger partial charge in [-0.2, -0.15) is 10.4 Å². The maximum atomic E-state index is 13.4. The second-order valence-electron chi connectivity index (χ2n) is 9.96. The first-order chi connectivity index (χ1) is 20.3. The molecule has 5 rings (SSSR count). The topological polar surface area (TPSA) is 107 Å². The van der Waals surface area contributed by atoms with Crippen LogP contribution in [0.25, 0.3) is 28.7 Å². The van der Waals surface area contributed by atoms with Gasteiger partial charge in [0.25, 0.3) is 11.5 Å². The van der Waals surface area contributed by atoms with Gasteiger partial charge in [0.2, 0.25) is 0 Å². The van der Waals surface area contributed by atoms with Crippen LogP contribution < -0.4 is 15.6 Å². The van der Waals surface area contributed by atoms with Crippen LogP contribution in [0, 0.1) is 18.3 Å². The van der Waals surface area contributed by atoms with E-state index < -0.39 is 11.5 Å². The van der Waals surface area contributed by atoms with Crippen LogP contribution in [0.3, 0.4) is 0 Å². The Kier molecular flexibility index (Phi) is 7.89. The molecular formula is C33H30N6O3. The summed E-state index contributed by atoms with van der Waals surface area (Å²) in [4.78, 5) is 26.7. The lowest BCUT2D eigenvalue weighted by molar-refractivity contribution is -0.112. The number of nitrogens with one attached hydrogen (secondary N) is 1. The molecule has 0 atom stereocenters. The van der Waals surface area contributed by atoms with Crippen LogP contribution in [-0.4, -0.2) is 31.2 Å². The van der Waals surface area contributed by atoms with Crippen LogP contribution in [0.4, 0.5) is 5.69 Å². The molecule has 2 aromatic heterocycles. The molecule has 0 spiro atoms. The van der Waals surface area contributed by atoms with Crippen molar-refractivity contribution in [3.8, 4) is 34.5 Å². The third-order valence-corrected chi connectivity index (χ3v) is 6.72. The van der Waals surface area contributed by atoms with E-state index in [9.17, 15) is 14.9 Å². The van der Waals surface area contributed by atoms with Crippen LogP contribution in [-0.2, 0) is 11.8 Å². The summed E-state index contributed by atoms with van der Waals surface area (Å²) < 4.78 is 10.6. The van der Waals surface area contributed by atoms with Crippen molar-refractivity contribution < 1.29 is 9.53 Å². The Morgan fingerprint density at radius 2 is 1.60 bits per heavy atom. The van der Waals surface area contributed by atoms with Gasteiger partial charge >= 0.3 is 0 Å². The van der Waals surface area contributed by atoms with Gasteiger partial charge in [-0.1, -0.05) is 36.4 Å². The molecule has 1 amide bonds. The van der Waals surface area contributed by atoms with Gasteiger partial charge in [0.05, 0.1) is 28.9 Å². The van der Waals surface area contributed by atoms with E-state index in [1.54, 1.807) is 41.7 Å². The SMILES string of the molecule is Cc1c(NC(=O)C(C#N)=Cc2cn(-c3ccccc3)nc2-c2ccc(OC(C)C)cc2)c(=O)n(-c2ccccc2)n1C. The Labute approximate surface area is 243 Å². The highest BCUT2D eigenvalue weighted by molar-refractivity contribution is 6.10. The van der Waals surface area contributed by atoms with Crippen LogP contribution in [0.1, 0.15) is 25.1 Å². The number of nitriles is 1. The van der Waals surface area contributed by atoms with Crippen molar-refractivity contribution in [1.29, 1.82) is 5.26 Å². The second kappa shape index (κ2) is 11.9. The third kappa shape index (κ3) is 5.64. The van der Waals surface area contributed by atoms with Crippen LogP contribution in [0.15, 0.2) is 101 Å². The number of nitrogens with zero attached hydrogens (tertiary/aromatic N) is 5. The van der Waals surface area contributed by atoms with E-state index in [0.29, 0.717) is 22.6 Å². The monoisotopic (exact) mass is 558 g/mol. The summed E-state index contributed by atoms with van der Waals surface area (Å²) in [5.41, 5.74) is 3.51. The highest BCUT2D eigenvalue weighted by Crippen LogP contribution is 2.28. The molecule has 210 valence electrons. The molecule has 0 radical (unpaired) electrons. The average molecular weight is 559 g/mol. The predicted molar refractivity (Wildman–Crippen MR) is 163 cm³/mol. The molecule has 0 unspecified atom stereocenters. The molecule has 0 saturated heterocycles. The van der Waals surface area contributed by atoms with Crippen LogP contribution in [0.2, 0.25) is 0 Å².